The number of aromatic nitrogens is 3. The third-order valence-corrected chi connectivity index (χ3v) is 5.04. The zero-order valence-electron chi connectivity index (χ0n) is 17.1. The van der Waals surface area contributed by atoms with Crippen LogP contribution in [-0.4, -0.2) is 20.7 Å². The van der Waals surface area contributed by atoms with Gasteiger partial charge in [0, 0.05) is 23.0 Å². The smallest absolute Gasteiger partial charge is 0.264 e. The molecule has 0 saturated heterocycles. The topological polar surface area (TPSA) is 73.0 Å². The second-order valence-corrected chi connectivity index (χ2v) is 7.35. The Morgan fingerprint density at radius 3 is 2.48 bits per heavy atom. The van der Waals surface area contributed by atoms with Gasteiger partial charge in [0.25, 0.3) is 5.89 Å². The predicted octanol–water partition coefficient (Wildman–Crippen LogP) is 4.82. The van der Waals surface area contributed by atoms with E-state index < -0.39 is 0 Å². The van der Waals surface area contributed by atoms with Crippen molar-refractivity contribution in [2.24, 2.45) is 0 Å². The number of amides is 1. The normalized spacial score (nSPS) is 11.2. The van der Waals surface area contributed by atoms with Gasteiger partial charge in [-0.25, -0.2) is 0 Å². The molecule has 0 atom stereocenters. The lowest BCUT2D eigenvalue weighted by atomic mass is 10.1. The molecule has 0 unspecified atom stereocenters. The molecule has 0 aliphatic rings. The van der Waals surface area contributed by atoms with E-state index in [1.807, 2.05) is 55.7 Å². The molecule has 2 heterocycles. The Kier molecular flexibility index (Phi) is 4.92. The van der Waals surface area contributed by atoms with Gasteiger partial charge < -0.3 is 14.3 Å². The minimum Gasteiger partial charge on any atom is -0.419 e. The Bertz CT molecular complexity index is 1180. The molecule has 4 rings (SSSR count). The Hall–Kier alpha value is -3.41. The minimum absolute atomic E-state index is 0.0992. The number of aryl methyl sites for hydroxylation is 4. The van der Waals surface area contributed by atoms with Gasteiger partial charge in [0.2, 0.25) is 11.8 Å². The molecule has 148 valence electrons. The summed E-state index contributed by atoms with van der Waals surface area (Å²) in [4.78, 5) is 13.0. The van der Waals surface area contributed by atoms with Crippen molar-refractivity contribution in [2.75, 3.05) is 5.32 Å². The van der Waals surface area contributed by atoms with Crippen LogP contribution in [0.4, 0.5) is 5.69 Å². The summed E-state index contributed by atoms with van der Waals surface area (Å²) >= 11 is 0. The molecule has 0 radical (unpaired) electrons. The van der Waals surface area contributed by atoms with Gasteiger partial charge in [0.15, 0.2) is 0 Å². The van der Waals surface area contributed by atoms with Crippen LogP contribution in [0.5, 0.6) is 0 Å². The second-order valence-electron chi connectivity index (χ2n) is 7.35. The number of hydrogen-bond donors (Lipinski definition) is 1. The van der Waals surface area contributed by atoms with Crippen molar-refractivity contribution in [3.8, 4) is 11.6 Å². The van der Waals surface area contributed by atoms with Gasteiger partial charge in [-0.3, -0.25) is 4.79 Å². The summed E-state index contributed by atoms with van der Waals surface area (Å²) in [5.41, 5.74) is 5.84. The van der Waals surface area contributed by atoms with Crippen LogP contribution in [0.15, 0.2) is 46.9 Å². The molecule has 0 spiro atoms. The van der Waals surface area contributed by atoms with Crippen molar-refractivity contribution in [1.29, 1.82) is 0 Å². The van der Waals surface area contributed by atoms with E-state index in [-0.39, 0.29) is 12.5 Å². The molecule has 0 bridgehead atoms. The molecule has 1 N–H and O–H groups in total. The molecule has 0 aliphatic heterocycles. The fourth-order valence-corrected chi connectivity index (χ4v) is 3.76. The number of fused-ring (bicyclic) bond motifs is 1. The van der Waals surface area contributed by atoms with E-state index in [0.29, 0.717) is 18.2 Å². The van der Waals surface area contributed by atoms with Gasteiger partial charge in [-0.1, -0.05) is 42.8 Å². The average molecular weight is 388 g/mol. The van der Waals surface area contributed by atoms with Crippen LogP contribution in [0.25, 0.3) is 22.5 Å². The van der Waals surface area contributed by atoms with Crippen LogP contribution in [0.2, 0.25) is 0 Å². The molecular formula is C23H24N4O2. The lowest BCUT2D eigenvalue weighted by Crippen LogP contribution is -2.20. The molecule has 0 fully saturated rings. The zero-order valence-corrected chi connectivity index (χ0v) is 17.1. The molecule has 6 heteroatoms. The highest BCUT2D eigenvalue weighted by atomic mass is 16.4. The maximum absolute atomic E-state index is 13.0. The second kappa shape index (κ2) is 7.54. The molecule has 2 aromatic carbocycles. The van der Waals surface area contributed by atoms with E-state index in [0.717, 1.165) is 33.4 Å². The monoisotopic (exact) mass is 388 g/mol. The first-order valence-corrected chi connectivity index (χ1v) is 9.75. The van der Waals surface area contributed by atoms with Crippen molar-refractivity contribution < 1.29 is 9.21 Å². The first kappa shape index (κ1) is 18.9. The Morgan fingerprint density at radius 1 is 1.07 bits per heavy atom. The molecule has 0 saturated carbocycles. The van der Waals surface area contributed by atoms with Crippen LogP contribution in [0.3, 0.4) is 0 Å². The number of para-hydroxylation sites is 1. The summed E-state index contributed by atoms with van der Waals surface area (Å²) in [5.74, 6) is 0.901. The number of rotatable bonds is 5. The quantitative estimate of drug-likeness (QED) is 0.532. The number of carbonyl (C=O) groups excluding carboxylic acids is 1. The lowest BCUT2D eigenvalue weighted by Gasteiger charge is -2.14. The van der Waals surface area contributed by atoms with Gasteiger partial charge in [0.1, 0.15) is 12.2 Å². The SMILES string of the molecule is CCc1nnc(-c2cc3ccccc3n2CC(=O)Nc2c(C)cc(C)cc2C)o1. The van der Waals surface area contributed by atoms with Crippen LogP contribution < -0.4 is 5.32 Å². The summed E-state index contributed by atoms with van der Waals surface area (Å²) in [6.07, 6.45) is 0.666. The van der Waals surface area contributed by atoms with Gasteiger partial charge >= 0.3 is 0 Å². The van der Waals surface area contributed by atoms with Crippen molar-refractivity contribution in [2.45, 2.75) is 40.7 Å². The molecule has 6 nitrogen and oxygen atoms in total. The van der Waals surface area contributed by atoms with Crippen LogP contribution in [-0.2, 0) is 17.8 Å². The van der Waals surface area contributed by atoms with Gasteiger partial charge in [-0.2, -0.15) is 0 Å². The summed E-state index contributed by atoms with van der Waals surface area (Å²) in [6, 6.07) is 14.1. The third kappa shape index (κ3) is 3.66. The molecule has 4 aromatic rings. The summed E-state index contributed by atoms with van der Waals surface area (Å²) in [6.45, 7) is 8.19. The van der Waals surface area contributed by atoms with Gasteiger partial charge in [-0.05, 0) is 44.0 Å². The number of carbonyl (C=O) groups is 1. The minimum atomic E-state index is -0.0992. The molecule has 0 aliphatic carbocycles. The van der Waals surface area contributed by atoms with E-state index in [1.165, 1.54) is 5.56 Å². The Balaban J connectivity index is 1.70. The largest absolute Gasteiger partial charge is 0.419 e. The molecular weight excluding hydrogens is 364 g/mol. The number of nitrogens with zero attached hydrogens (tertiary/aromatic N) is 3. The maximum Gasteiger partial charge on any atom is 0.264 e. The van der Waals surface area contributed by atoms with E-state index in [2.05, 4.69) is 34.6 Å². The average Bonchev–Trinajstić information content (AvgIpc) is 3.29. The third-order valence-electron chi connectivity index (χ3n) is 5.04. The predicted molar refractivity (Wildman–Crippen MR) is 114 cm³/mol. The Morgan fingerprint density at radius 2 is 1.79 bits per heavy atom. The van der Waals surface area contributed by atoms with Crippen LogP contribution >= 0.6 is 0 Å². The first-order valence-electron chi connectivity index (χ1n) is 9.75. The Labute approximate surface area is 169 Å². The summed E-state index contributed by atoms with van der Waals surface area (Å²) < 4.78 is 7.69. The first-order chi connectivity index (χ1) is 14.0. The highest BCUT2D eigenvalue weighted by Gasteiger charge is 2.18. The fourth-order valence-electron chi connectivity index (χ4n) is 3.76. The number of benzene rings is 2. The van der Waals surface area contributed by atoms with E-state index in [1.54, 1.807) is 0 Å². The van der Waals surface area contributed by atoms with Gasteiger partial charge in [-0.15, -0.1) is 10.2 Å². The highest BCUT2D eigenvalue weighted by molar-refractivity contribution is 5.94. The fraction of sp³-hybridized carbons (Fsp3) is 0.261. The summed E-state index contributed by atoms with van der Waals surface area (Å²) in [5, 5.41) is 12.3. The maximum atomic E-state index is 13.0. The van der Waals surface area contributed by atoms with Crippen molar-refractivity contribution in [1.82, 2.24) is 14.8 Å². The van der Waals surface area contributed by atoms with Crippen molar-refractivity contribution in [3.05, 3.63) is 65.0 Å². The highest BCUT2D eigenvalue weighted by Crippen LogP contribution is 2.28. The van der Waals surface area contributed by atoms with E-state index in [4.69, 9.17) is 4.42 Å². The van der Waals surface area contributed by atoms with Crippen LogP contribution in [0.1, 0.15) is 29.5 Å². The molecule has 1 amide bonds. The van der Waals surface area contributed by atoms with E-state index >= 15 is 0 Å². The standard InChI is InChI=1S/C23H24N4O2/c1-5-21-25-26-23(29-21)19-12-17-8-6-7-9-18(17)27(19)13-20(28)24-22-15(3)10-14(2)11-16(22)4/h6-12H,5,13H2,1-4H3,(H,24,28). The van der Waals surface area contributed by atoms with Crippen molar-refractivity contribution in [3.63, 3.8) is 0 Å². The lowest BCUT2D eigenvalue weighted by molar-refractivity contribution is -0.116. The zero-order chi connectivity index (χ0) is 20.5. The van der Waals surface area contributed by atoms with Gasteiger partial charge in [0.05, 0.1) is 0 Å². The number of nitrogens with one attached hydrogen (secondary N) is 1. The summed E-state index contributed by atoms with van der Waals surface area (Å²) in [7, 11) is 0. The van der Waals surface area contributed by atoms with E-state index in [9.17, 15) is 4.79 Å². The molecule has 29 heavy (non-hydrogen) atoms. The molecule has 2 aromatic heterocycles. The van der Waals surface area contributed by atoms with Crippen LogP contribution in [0, 0.1) is 20.8 Å². The number of hydrogen-bond acceptors (Lipinski definition) is 4. The van der Waals surface area contributed by atoms with Crippen molar-refractivity contribution >= 4 is 22.5 Å². The number of anilines is 1.